The number of barbiturate groups is 1. The van der Waals surface area contributed by atoms with E-state index in [-0.39, 0.29) is 13.0 Å². The zero-order valence-corrected chi connectivity index (χ0v) is 14.0. The quantitative estimate of drug-likeness (QED) is 0.854. The Morgan fingerprint density at radius 1 is 1.04 bits per heavy atom. The van der Waals surface area contributed by atoms with Crippen LogP contribution >= 0.6 is 0 Å². The van der Waals surface area contributed by atoms with E-state index in [0.29, 0.717) is 12.0 Å². The topological polar surface area (TPSA) is 66.5 Å². The highest BCUT2D eigenvalue weighted by atomic mass is 16.2. The average molecular weight is 335 g/mol. The zero-order valence-electron chi connectivity index (χ0n) is 14.0. The summed E-state index contributed by atoms with van der Waals surface area (Å²) in [6.07, 6.45) is 0.808. The van der Waals surface area contributed by atoms with Crippen LogP contribution in [-0.2, 0) is 21.4 Å². The fourth-order valence-corrected chi connectivity index (χ4v) is 3.22. The lowest BCUT2D eigenvalue weighted by Crippen LogP contribution is -2.66. The molecule has 0 saturated carbocycles. The van der Waals surface area contributed by atoms with Crippen molar-refractivity contribution >= 4 is 17.8 Å². The normalized spacial score (nSPS) is 20.5. The minimum Gasteiger partial charge on any atom is -0.276 e. The third kappa shape index (κ3) is 2.93. The van der Waals surface area contributed by atoms with Crippen LogP contribution in [0.3, 0.4) is 0 Å². The van der Waals surface area contributed by atoms with E-state index in [0.717, 1.165) is 10.5 Å². The predicted molar refractivity (Wildman–Crippen MR) is 92.6 cm³/mol. The first-order chi connectivity index (χ1) is 12.1. The minimum atomic E-state index is -1.36. The SMILES string of the molecule is CC[C@@]1(c2ccccc2)C(=O)NC(=O)N(CCc2cc[c]cc2)C1=O. The van der Waals surface area contributed by atoms with E-state index in [1.54, 1.807) is 43.3 Å². The number of nitrogens with zero attached hydrogens (tertiary/aromatic N) is 1. The molecule has 1 atom stereocenters. The number of carbonyl (C=O) groups is 3. The summed E-state index contributed by atoms with van der Waals surface area (Å²) in [4.78, 5) is 39.1. The van der Waals surface area contributed by atoms with Gasteiger partial charge in [-0.2, -0.15) is 0 Å². The van der Waals surface area contributed by atoms with E-state index in [1.807, 2.05) is 18.2 Å². The molecule has 4 amide bonds. The molecule has 0 unspecified atom stereocenters. The number of hydrogen-bond acceptors (Lipinski definition) is 3. The van der Waals surface area contributed by atoms with Crippen molar-refractivity contribution in [3.05, 3.63) is 71.8 Å². The largest absolute Gasteiger partial charge is 0.330 e. The highest BCUT2D eigenvalue weighted by Crippen LogP contribution is 2.33. The summed E-state index contributed by atoms with van der Waals surface area (Å²) in [6.45, 7) is 2.00. The van der Waals surface area contributed by atoms with Crippen molar-refractivity contribution in [2.45, 2.75) is 25.2 Å². The van der Waals surface area contributed by atoms with Crippen LogP contribution in [0.25, 0.3) is 0 Å². The molecule has 1 fully saturated rings. The van der Waals surface area contributed by atoms with Crippen molar-refractivity contribution in [1.82, 2.24) is 10.2 Å². The van der Waals surface area contributed by atoms with Gasteiger partial charge in [-0.1, -0.05) is 61.5 Å². The summed E-state index contributed by atoms with van der Waals surface area (Å²) < 4.78 is 0. The monoisotopic (exact) mass is 335 g/mol. The number of urea groups is 1. The lowest BCUT2D eigenvalue weighted by atomic mass is 9.74. The molecule has 1 aliphatic rings. The van der Waals surface area contributed by atoms with Crippen molar-refractivity contribution < 1.29 is 14.4 Å². The standard InChI is InChI=1S/C20H19N2O3/c1-2-20(16-11-7-4-8-12-16)17(23)21-19(25)22(18(20)24)14-13-15-9-5-3-6-10-15/h4-12H,2,13-14H2,1H3,(H,21,23,25)/t20-/m1/s1. The van der Waals surface area contributed by atoms with E-state index in [4.69, 9.17) is 0 Å². The van der Waals surface area contributed by atoms with Gasteiger partial charge < -0.3 is 0 Å². The third-order valence-corrected chi connectivity index (χ3v) is 4.67. The Labute approximate surface area is 146 Å². The molecule has 2 aromatic carbocycles. The Morgan fingerprint density at radius 3 is 2.36 bits per heavy atom. The highest BCUT2D eigenvalue weighted by Gasteiger charge is 2.53. The van der Waals surface area contributed by atoms with Crippen LogP contribution < -0.4 is 5.32 Å². The first kappa shape index (κ1) is 16.9. The van der Waals surface area contributed by atoms with Gasteiger partial charge in [-0.05, 0) is 30.0 Å². The van der Waals surface area contributed by atoms with Crippen LogP contribution in [0.4, 0.5) is 4.79 Å². The zero-order chi connectivity index (χ0) is 17.9. The lowest BCUT2D eigenvalue weighted by Gasteiger charge is -2.39. The maximum Gasteiger partial charge on any atom is 0.330 e. The second kappa shape index (κ2) is 6.89. The van der Waals surface area contributed by atoms with Crippen LogP contribution in [0.2, 0.25) is 0 Å². The molecule has 1 radical (unpaired) electrons. The van der Waals surface area contributed by atoms with Gasteiger partial charge in [0, 0.05) is 6.54 Å². The molecule has 3 rings (SSSR count). The molecule has 0 aliphatic carbocycles. The Balaban J connectivity index is 1.91. The molecule has 127 valence electrons. The second-order valence-electron chi connectivity index (χ2n) is 6.00. The molecule has 1 N–H and O–H groups in total. The van der Waals surface area contributed by atoms with Gasteiger partial charge in [0.2, 0.25) is 5.91 Å². The number of hydrogen-bond donors (Lipinski definition) is 1. The van der Waals surface area contributed by atoms with Gasteiger partial charge in [-0.25, -0.2) is 4.79 Å². The number of nitrogens with one attached hydrogen (secondary N) is 1. The minimum absolute atomic E-state index is 0.219. The first-order valence-corrected chi connectivity index (χ1v) is 8.27. The van der Waals surface area contributed by atoms with Crippen molar-refractivity contribution in [1.29, 1.82) is 0 Å². The van der Waals surface area contributed by atoms with E-state index in [1.165, 1.54) is 0 Å². The van der Waals surface area contributed by atoms with E-state index in [2.05, 4.69) is 11.4 Å². The fourth-order valence-electron chi connectivity index (χ4n) is 3.22. The smallest absolute Gasteiger partial charge is 0.276 e. The Bertz CT molecular complexity index is 789. The van der Waals surface area contributed by atoms with Crippen LogP contribution in [-0.4, -0.2) is 29.3 Å². The third-order valence-electron chi connectivity index (χ3n) is 4.67. The molecule has 5 heteroatoms. The summed E-state index contributed by atoms with van der Waals surface area (Å²) in [5.41, 5.74) is 0.240. The maximum absolute atomic E-state index is 13.2. The Morgan fingerprint density at radius 2 is 1.72 bits per heavy atom. The van der Waals surface area contributed by atoms with Crippen LogP contribution in [0.5, 0.6) is 0 Å². The van der Waals surface area contributed by atoms with Crippen LogP contribution in [0.15, 0.2) is 54.6 Å². The number of benzene rings is 2. The van der Waals surface area contributed by atoms with Crippen molar-refractivity contribution in [2.24, 2.45) is 0 Å². The summed E-state index contributed by atoms with van der Waals surface area (Å²) in [5.74, 6) is -1.01. The van der Waals surface area contributed by atoms with Gasteiger partial charge >= 0.3 is 6.03 Å². The molecule has 1 saturated heterocycles. The molecule has 2 aromatic rings. The van der Waals surface area contributed by atoms with E-state index < -0.39 is 23.3 Å². The van der Waals surface area contributed by atoms with Crippen molar-refractivity contribution in [2.75, 3.05) is 6.54 Å². The molecule has 5 nitrogen and oxygen atoms in total. The molecule has 1 heterocycles. The summed E-state index contributed by atoms with van der Waals surface area (Å²) in [6, 6.07) is 18.5. The van der Waals surface area contributed by atoms with Crippen LogP contribution in [0.1, 0.15) is 24.5 Å². The molecular formula is C20H19N2O3. The van der Waals surface area contributed by atoms with Gasteiger partial charge in [0.05, 0.1) is 0 Å². The fraction of sp³-hybridized carbons (Fsp3) is 0.250. The molecule has 0 bridgehead atoms. The lowest BCUT2D eigenvalue weighted by molar-refractivity contribution is -0.145. The molecule has 1 aliphatic heterocycles. The van der Waals surface area contributed by atoms with Gasteiger partial charge in [0.25, 0.3) is 5.91 Å². The van der Waals surface area contributed by atoms with Gasteiger partial charge in [0.15, 0.2) is 5.41 Å². The van der Waals surface area contributed by atoms with Crippen LogP contribution in [0, 0.1) is 6.07 Å². The number of amides is 4. The average Bonchev–Trinajstić information content (AvgIpc) is 2.64. The first-order valence-electron chi connectivity index (χ1n) is 8.27. The summed E-state index contributed by atoms with van der Waals surface area (Å²) in [7, 11) is 0. The van der Waals surface area contributed by atoms with E-state index in [9.17, 15) is 14.4 Å². The summed E-state index contributed by atoms with van der Waals surface area (Å²) in [5, 5.41) is 2.36. The molecule has 25 heavy (non-hydrogen) atoms. The van der Waals surface area contributed by atoms with Crippen molar-refractivity contribution in [3.8, 4) is 0 Å². The second-order valence-corrected chi connectivity index (χ2v) is 6.00. The summed E-state index contributed by atoms with van der Waals surface area (Å²) >= 11 is 0. The number of rotatable bonds is 5. The van der Waals surface area contributed by atoms with Gasteiger partial charge in [-0.15, -0.1) is 0 Å². The Hall–Kier alpha value is -2.95. The Kier molecular flexibility index (Phi) is 4.65. The van der Waals surface area contributed by atoms with E-state index >= 15 is 0 Å². The number of imide groups is 2. The van der Waals surface area contributed by atoms with Crippen molar-refractivity contribution in [3.63, 3.8) is 0 Å². The maximum atomic E-state index is 13.2. The molecule has 0 aromatic heterocycles. The van der Waals surface area contributed by atoms with Gasteiger partial charge in [0.1, 0.15) is 0 Å². The predicted octanol–water partition coefficient (Wildman–Crippen LogP) is 2.46. The van der Waals surface area contributed by atoms with Gasteiger partial charge in [-0.3, -0.25) is 19.8 Å². The molecule has 0 spiro atoms. The molecular weight excluding hydrogens is 316 g/mol. The highest BCUT2D eigenvalue weighted by molar-refractivity contribution is 6.22. The number of carbonyl (C=O) groups excluding carboxylic acids is 3.